The van der Waals surface area contributed by atoms with Crippen molar-refractivity contribution < 1.29 is 9.90 Å². The van der Waals surface area contributed by atoms with Crippen molar-refractivity contribution in [1.29, 1.82) is 0 Å². The molecule has 186 valence electrons. The molecule has 0 fully saturated rings. The molecule has 3 aromatic heterocycles. The van der Waals surface area contributed by atoms with E-state index in [4.69, 9.17) is 0 Å². The minimum absolute atomic E-state index is 0.0722. The molecule has 2 aromatic carbocycles. The van der Waals surface area contributed by atoms with Gasteiger partial charge in [0, 0.05) is 36.3 Å². The van der Waals surface area contributed by atoms with Crippen LogP contribution in [0.25, 0.3) is 27.6 Å². The van der Waals surface area contributed by atoms with Gasteiger partial charge in [-0.25, -0.2) is 14.8 Å². The number of hydrogen-bond donors (Lipinski definition) is 2. The molecule has 0 spiro atoms. The van der Waals surface area contributed by atoms with Gasteiger partial charge in [-0.3, -0.25) is 9.89 Å². The maximum Gasteiger partial charge on any atom is 0.347 e. The molecular weight excluding hydrogens is 510 g/mol. The highest BCUT2D eigenvalue weighted by Gasteiger charge is 2.20. The molecule has 2 N–H and O–H groups in total. The Labute approximate surface area is 219 Å². The summed E-state index contributed by atoms with van der Waals surface area (Å²) in [5.41, 5.74) is 3.95. The first-order valence-electron chi connectivity index (χ1n) is 11.1. The minimum atomic E-state index is -1.08. The summed E-state index contributed by atoms with van der Waals surface area (Å²) in [6.07, 6.45) is 0. The van der Waals surface area contributed by atoms with Gasteiger partial charge in [0.1, 0.15) is 4.88 Å². The van der Waals surface area contributed by atoms with Gasteiger partial charge in [-0.2, -0.15) is 4.68 Å². The second kappa shape index (κ2) is 9.91. The van der Waals surface area contributed by atoms with Gasteiger partial charge in [-0.15, -0.1) is 21.6 Å². The number of aromatic nitrogens is 4. The lowest BCUT2D eigenvalue weighted by Crippen LogP contribution is -2.13. The summed E-state index contributed by atoms with van der Waals surface area (Å²) in [5, 5.41) is 23.2. The number of carbonyl (C=O) groups is 1. The molecule has 10 nitrogen and oxygen atoms in total. The fraction of sp³-hybridized carbons (Fsp3) is 0.120. The van der Waals surface area contributed by atoms with E-state index >= 15 is 0 Å². The topological polar surface area (TPSA) is 129 Å². The van der Waals surface area contributed by atoms with E-state index in [9.17, 15) is 14.7 Å². The summed E-state index contributed by atoms with van der Waals surface area (Å²) in [6.45, 7) is 1.59. The van der Waals surface area contributed by atoms with Crippen LogP contribution in [-0.4, -0.2) is 44.9 Å². The fourth-order valence-electron chi connectivity index (χ4n) is 3.61. The number of nitrogens with zero attached hydrogens (tertiary/aromatic N) is 6. The Bertz CT molecular complexity index is 1660. The molecule has 5 rings (SSSR count). The third-order valence-electron chi connectivity index (χ3n) is 5.51. The summed E-state index contributed by atoms with van der Waals surface area (Å²) in [4.78, 5) is 35.7. The van der Waals surface area contributed by atoms with Crippen LogP contribution in [0.2, 0.25) is 0 Å². The lowest BCUT2D eigenvalue weighted by atomic mass is 10.1. The maximum atomic E-state index is 13.5. The molecule has 37 heavy (non-hydrogen) atoms. The van der Waals surface area contributed by atoms with Crippen molar-refractivity contribution in [3.8, 4) is 27.6 Å². The highest BCUT2D eigenvalue weighted by molar-refractivity contribution is 7.17. The number of aromatic amines is 1. The summed E-state index contributed by atoms with van der Waals surface area (Å²) in [7, 11) is 3.96. The number of rotatable bonds is 7. The number of thiazole rings is 2. The van der Waals surface area contributed by atoms with Crippen molar-refractivity contribution >= 4 is 45.1 Å². The van der Waals surface area contributed by atoms with E-state index in [1.165, 1.54) is 16.0 Å². The van der Waals surface area contributed by atoms with Gasteiger partial charge in [-0.1, -0.05) is 53.8 Å². The van der Waals surface area contributed by atoms with Gasteiger partial charge in [0.25, 0.3) is 0 Å². The van der Waals surface area contributed by atoms with Crippen molar-refractivity contribution in [3.63, 3.8) is 0 Å². The smallest absolute Gasteiger partial charge is 0.347 e. The first-order chi connectivity index (χ1) is 17.8. The van der Waals surface area contributed by atoms with E-state index in [0.29, 0.717) is 16.5 Å². The molecule has 0 saturated carbocycles. The number of benzene rings is 2. The lowest BCUT2D eigenvalue weighted by Gasteiger charge is -2.12. The second-order valence-electron chi connectivity index (χ2n) is 8.21. The molecule has 0 bridgehead atoms. The van der Waals surface area contributed by atoms with Crippen LogP contribution >= 0.6 is 22.7 Å². The Morgan fingerprint density at radius 1 is 1.03 bits per heavy atom. The van der Waals surface area contributed by atoms with Crippen LogP contribution in [0.1, 0.15) is 15.4 Å². The number of nitrogens with one attached hydrogen (secondary N) is 1. The largest absolute Gasteiger partial charge is 0.477 e. The number of anilines is 1. The number of azo groups is 1. The van der Waals surface area contributed by atoms with Crippen LogP contribution in [0.15, 0.2) is 75.0 Å². The summed E-state index contributed by atoms with van der Waals surface area (Å²) >= 11 is 2.22. The van der Waals surface area contributed by atoms with E-state index in [1.807, 2.05) is 79.0 Å². The van der Waals surface area contributed by atoms with Crippen LogP contribution in [0.4, 0.5) is 16.5 Å². The summed E-state index contributed by atoms with van der Waals surface area (Å²) in [5.74, 6) is -1.08. The molecule has 5 aromatic rings. The van der Waals surface area contributed by atoms with E-state index in [1.54, 1.807) is 6.92 Å². The predicted molar refractivity (Wildman–Crippen MR) is 145 cm³/mol. The Hall–Kier alpha value is -4.42. The van der Waals surface area contributed by atoms with Crippen molar-refractivity contribution in [3.05, 3.63) is 80.9 Å². The predicted octanol–water partition coefficient (Wildman–Crippen LogP) is 5.90. The van der Waals surface area contributed by atoms with Crippen molar-refractivity contribution in [2.75, 3.05) is 19.0 Å². The SMILES string of the molecule is Cc1nc(N=Nc2c(-c3ccccc3)[nH]n(-c3nc(-c4ccc(N(C)C)cc4)cs3)c2=O)sc1C(=O)O. The highest BCUT2D eigenvalue weighted by Crippen LogP contribution is 2.32. The maximum absolute atomic E-state index is 13.5. The van der Waals surface area contributed by atoms with Gasteiger partial charge in [0.2, 0.25) is 10.3 Å². The Morgan fingerprint density at radius 3 is 2.41 bits per heavy atom. The molecule has 0 unspecified atom stereocenters. The number of carboxylic acid groups (broad SMARTS) is 1. The fourth-order valence-corrected chi connectivity index (χ4v) is 5.13. The third kappa shape index (κ3) is 4.84. The van der Waals surface area contributed by atoms with Crippen LogP contribution in [0.5, 0.6) is 0 Å². The Balaban J connectivity index is 1.55. The molecular formula is C25H21N7O3S2. The molecule has 0 aliphatic rings. The quantitative estimate of drug-likeness (QED) is 0.252. The van der Waals surface area contributed by atoms with Crippen molar-refractivity contribution in [2.45, 2.75) is 6.92 Å². The van der Waals surface area contributed by atoms with Crippen LogP contribution in [0, 0.1) is 6.92 Å². The molecule has 0 saturated heterocycles. The summed E-state index contributed by atoms with van der Waals surface area (Å²) in [6, 6.07) is 17.3. The zero-order valence-corrected chi connectivity index (χ0v) is 21.7. The van der Waals surface area contributed by atoms with Gasteiger partial charge in [-0.05, 0) is 19.1 Å². The molecule has 0 aliphatic heterocycles. The van der Waals surface area contributed by atoms with Crippen LogP contribution in [-0.2, 0) is 0 Å². The number of hydrogen-bond acceptors (Lipinski definition) is 9. The van der Waals surface area contributed by atoms with Gasteiger partial charge in [0.15, 0.2) is 5.69 Å². The molecule has 3 heterocycles. The van der Waals surface area contributed by atoms with Crippen LogP contribution < -0.4 is 10.5 Å². The average Bonchev–Trinajstić information content (AvgIpc) is 3.60. The van der Waals surface area contributed by atoms with E-state index in [2.05, 4.69) is 25.3 Å². The monoisotopic (exact) mass is 531 g/mol. The molecule has 0 atom stereocenters. The van der Waals surface area contributed by atoms with Gasteiger partial charge >= 0.3 is 11.5 Å². The average molecular weight is 532 g/mol. The Kier molecular flexibility index (Phi) is 6.51. The number of H-pyrrole nitrogens is 1. The van der Waals surface area contributed by atoms with Crippen molar-refractivity contribution in [1.82, 2.24) is 19.7 Å². The summed E-state index contributed by atoms with van der Waals surface area (Å²) < 4.78 is 1.34. The Morgan fingerprint density at radius 2 is 1.76 bits per heavy atom. The zero-order chi connectivity index (χ0) is 26.1. The molecule has 0 amide bonds. The minimum Gasteiger partial charge on any atom is -0.477 e. The van der Waals surface area contributed by atoms with E-state index in [-0.39, 0.29) is 15.7 Å². The van der Waals surface area contributed by atoms with Gasteiger partial charge < -0.3 is 10.0 Å². The van der Waals surface area contributed by atoms with Crippen LogP contribution in [0.3, 0.4) is 0 Å². The molecule has 0 aliphatic carbocycles. The van der Waals surface area contributed by atoms with E-state index < -0.39 is 11.5 Å². The van der Waals surface area contributed by atoms with Crippen molar-refractivity contribution in [2.24, 2.45) is 10.2 Å². The van der Waals surface area contributed by atoms with Gasteiger partial charge in [0.05, 0.1) is 17.1 Å². The first kappa shape index (κ1) is 24.3. The normalized spacial score (nSPS) is 11.3. The number of aryl methyl sites for hydroxylation is 1. The zero-order valence-electron chi connectivity index (χ0n) is 20.0. The van der Waals surface area contributed by atoms with E-state index in [0.717, 1.165) is 33.8 Å². The molecule has 12 heteroatoms. The standard InChI is InChI=1S/C25H21N7O3S2/c1-14-21(23(34)35)37-24(26-14)29-28-20-19(16-7-5-4-6-8-16)30-32(22(20)33)25-27-18(13-36-25)15-9-11-17(12-10-15)31(2)3/h4-13,30H,1-3H3,(H,34,35). The lowest BCUT2D eigenvalue weighted by molar-refractivity contribution is 0.0701. The highest BCUT2D eigenvalue weighted by atomic mass is 32.1. The number of aromatic carboxylic acids is 1. The third-order valence-corrected chi connectivity index (χ3v) is 7.36. The first-order valence-corrected chi connectivity index (χ1v) is 12.8. The second-order valence-corrected chi connectivity index (χ2v) is 10.0. The molecule has 0 radical (unpaired) electrons. The number of carboxylic acids is 1.